The number of hydrogen-bond acceptors (Lipinski definition) is 2. The van der Waals surface area contributed by atoms with Crippen LogP contribution in [0, 0.1) is 13.8 Å². The summed E-state index contributed by atoms with van der Waals surface area (Å²) in [4.78, 5) is 4.36. The van der Waals surface area contributed by atoms with Crippen molar-refractivity contribution in [2.24, 2.45) is 0 Å². The molecule has 0 atom stereocenters. The van der Waals surface area contributed by atoms with E-state index in [1.165, 1.54) is 5.56 Å². The Morgan fingerprint density at radius 2 is 2.08 bits per heavy atom. The summed E-state index contributed by atoms with van der Waals surface area (Å²) < 4.78 is 0. The number of pyridine rings is 1. The van der Waals surface area contributed by atoms with E-state index < -0.39 is 0 Å². The second-order valence-electron chi connectivity index (χ2n) is 3.10. The Kier molecular flexibility index (Phi) is 3.23. The first-order valence-electron chi connectivity index (χ1n) is 4.27. The summed E-state index contributed by atoms with van der Waals surface area (Å²) in [5, 5.41) is 8.64. The zero-order chi connectivity index (χ0) is 8.97. The second kappa shape index (κ2) is 4.21. The largest absolute Gasteiger partial charge is 0.396 e. The fourth-order valence-electron chi connectivity index (χ4n) is 1.31. The molecule has 1 rings (SSSR count). The number of aliphatic hydroxyl groups excluding tert-OH is 1. The molecule has 0 aliphatic heterocycles. The number of nitrogens with zero attached hydrogens (tertiary/aromatic N) is 1. The number of aryl methyl sites for hydroxylation is 3. The van der Waals surface area contributed by atoms with Crippen LogP contribution in [0.3, 0.4) is 0 Å². The summed E-state index contributed by atoms with van der Waals surface area (Å²) >= 11 is 0. The van der Waals surface area contributed by atoms with Gasteiger partial charge in [0, 0.05) is 18.0 Å². The van der Waals surface area contributed by atoms with E-state index in [0.29, 0.717) is 0 Å². The maximum Gasteiger partial charge on any atom is 0.0434 e. The Morgan fingerprint density at radius 1 is 1.33 bits per heavy atom. The highest BCUT2D eigenvalue weighted by atomic mass is 16.2. The molecule has 1 heterocycles. The highest BCUT2D eigenvalue weighted by molar-refractivity contribution is 5.19. The Hall–Kier alpha value is -0.890. The Bertz CT molecular complexity index is 238. The molecule has 0 saturated heterocycles. The van der Waals surface area contributed by atoms with E-state index in [4.69, 9.17) is 5.11 Å². The highest BCUT2D eigenvalue weighted by Gasteiger charge is 1.96. The Labute approximate surface area is 73.3 Å². The van der Waals surface area contributed by atoms with Gasteiger partial charge in [0.1, 0.15) is 0 Å². The number of rotatable bonds is 3. The predicted molar refractivity (Wildman–Crippen MR) is 49.1 cm³/mol. The third-order valence-corrected chi connectivity index (χ3v) is 1.74. The molecular weight excluding hydrogens is 150 g/mol. The van der Waals surface area contributed by atoms with Crippen LogP contribution >= 0.6 is 0 Å². The molecule has 0 aliphatic carbocycles. The van der Waals surface area contributed by atoms with Crippen LogP contribution in [0.15, 0.2) is 12.1 Å². The van der Waals surface area contributed by atoms with Gasteiger partial charge in [-0.1, -0.05) is 0 Å². The standard InChI is InChI=1S/C10H15NO/c1-8-6-9(2)11-10(7-8)4-3-5-12/h6-7,12H,3-5H2,1-2H3. The molecule has 12 heavy (non-hydrogen) atoms. The molecule has 0 amide bonds. The summed E-state index contributed by atoms with van der Waals surface area (Å²) in [7, 11) is 0. The summed E-state index contributed by atoms with van der Waals surface area (Å²) in [6.45, 7) is 4.31. The fraction of sp³-hybridized carbons (Fsp3) is 0.500. The Balaban J connectivity index is 2.72. The van der Waals surface area contributed by atoms with E-state index in [1.54, 1.807) is 0 Å². The Morgan fingerprint density at radius 3 is 2.67 bits per heavy atom. The number of hydrogen-bond donors (Lipinski definition) is 1. The molecule has 0 fully saturated rings. The summed E-state index contributed by atoms with van der Waals surface area (Å²) in [6, 6.07) is 4.13. The van der Waals surface area contributed by atoms with Gasteiger partial charge in [0.15, 0.2) is 0 Å². The lowest BCUT2D eigenvalue weighted by Crippen LogP contribution is -1.95. The minimum atomic E-state index is 0.245. The van der Waals surface area contributed by atoms with Crippen molar-refractivity contribution in [3.05, 3.63) is 29.1 Å². The van der Waals surface area contributed by atoms with E-state index >= 15 is 0 Å². The van der Waals surface area contributed by atoms with E-state index in [0.717, 1.165) is 24.2 Å². The first-order chi connectivity index (χ1) is 5.72. The molecule has 0 unspecified atom stereocenters. The van der Waals surface area contributed by atoms with Gasteiger partial charge in [0.05, 0.1) is 0 Å². The zero-order valence-corrected chi connectivity index (χ0v) is 7.67. The van der Waals surface area contributed by atoms with Gasteiger partial charge in [0.2, 0.25) is 0 Å². The van der Waals surface area contributed by atoms with Gasteiger partial charge in [-0.2, -0.15) is 0 Å². The van der Waals surface area contributed by atoms with Crippen LogP contribution in [-0.2, 0) is 6.42 Å². The van der Waals surface area contributed by atoms with Crippen molar-refractivity contribution in [1.29, 1.82) is 0 Å². The van der Waals surface area contributed by atoms with Crippen molar-refractivity contribution in [3.8, 4) is 0 Å². The van der Waals surface area contributed by atoms with E-state index in [2.05, 4.69) is 24.0 Å². The molecule has 2 nitrogen and oxygen atoms in total. The van der Waals surface area contributed by atoms with E-state index in [-0.39, 0.29) is 6.61 Å². The second-order valence-corrected chi connectivity index (χ2v) is 3.10. The molecule has 1 aromatic heterocycles. The molecule has 66 valence electrons. The van der Waals surface area contributed by atoms with Gasteiger partial charge in [-0.25, -0.2) is 0 Å². The average molecular weight is 165 g/mol. The fourth-order valence-corrected chi connectivity index (χ4v) is 1.31. The number of aromatic nitrogens is 1. The maximum absolute atomic E-state index is 8.64. The maximum atomic E-state index is 8.64. The van der Waals surface area contributed by atoms with Crippen LogP contribution in [0.2, 0.25) is 0 Å². The van der Waals surface area contributed by atoms with Crippen molar-refractivity contribution in [1.82, 2.24) is 4.98 Å². The van der Waals surface area contributed by atoms with Crippen LogP contribution in [0.1, 0.15) is 23.4 Å². The van der Waals surface area contributed by atoms with Crippen molar-refractivity contribution in [3.63, 3.8) is 0 Å². The summed E-state index contributed by atoms with van der Waals surface area (Å²) in [6.07, 6.45) is 1.68. The molecule has 1 aromatic rings. The van der Waals surface area contributed by atoms with Gasteiger partial charge in [0.25, 0.3) is 0 Å². The van der Waals surface area contributed by atoms with Crippen LogP contribution in [0.25, 0.3) is 0 Å². The molecule has 2 heteroatoms. The quantitative estimate of drug-likeness (QED) is 0.738. The molecule has 0 bridgehead atoms. The highest BCUT2D eigenvalue weighted by Crippen LogP contribution is 2.05. The lowest BCUT2D eigenvalue weighted by molar-refractivity contribution is 0.288. The molecule has 0 radical (unpaired) electrons. The SMILES string of the molecule is Cc1cc(C)nc(CCCO)c1. The van der Waals surface area contributed by atoms with Gasteiger partial charge in [-0.3, -0.25) is 4.98 Å². The molecular formula is C10H15NO. The van der Waals surface area contributed by atoms with E-state index in [9.17, 15) is 0 Å². The number of aliphatic hydroxyl groups is 1. The third-order valence-electron chi connectivity index (χ3n) is 1.74. The summed E-state index contributed by atoms with van der Waals surface area (Å²) in [5.41, 5.74) is 3.39. The molecule has 0 saturated carbocycles. The van der Waals surface area contributed by atoms with Gasteiger partial charge in [-0.15, -0.1) is 0 Å². The average Bonchev–Trinajstić information content (AvgIpc) is 1.99. The van der Waals surface area contributed by atoms with Crippen molar-refractivity contribution < 1.29 is 5.11 Å². The lowest BCUT2D eigenvalue weighted by Gasteiger charge is -2.02. The van der Waals surface area contributed by atoms with Crippen LogP contribution < -0.4 is 0 Å². The van der Waals surface area contributed by atoms with E-state index in [1.807, 2.05) is 6.92 Å². The van der Waals surface area contributed by atoms with Crippen molar-refractivity contribution in [2.75, 3.05) is 6.61 Å². The zero-order valence-electron chi connectivity index (χ0n) is 7.67. The molecule has 0 aromatic carbocycles. The van der Waals surface area contributed by atoms with Gasteiger partial charge >= 0.3 is 0 Å². The monoisotopic (exact) mass is 165 g/mol. The van der Waals surface area contributed by atoms with Crippen LogP contribution in [0.4, 0.5) is 0 Å². The first kappa shape index (κ1) is 9.20. The molecule has 0 spiro atoms. The lowest BCUT2D eigenvalue weighted by atomic mass is 10.1. The van der Waals surface area contributed by atoms with Crippen LogP contribution in [0.5, 0.6) is 0 Å². The van der Waals surface area contributed by atoms with Gasteiger partial charge < -0.3 is 5.11 Å². The summed E-state index contributed by atoms with van der Waals surface area (Å²) in [5.74, 6) is 0. The van der Waals surface area contributed by atoms with Crippen molar-refractivity contribution >= 4 is 0 Å². The smallest absolute Gasteiger partial charge is 0.0434 e. The minimum absolute atomic E-state index is 0.245. The van der Waals surface area contributed by atoms with Crippen LogP contribution in [-0.4, -0.2) is 16.7 Å². The minimum Gasteiger partial charge on any atom is -0.396 e. The topological polar surface area (TPSA) is 33.1 Å². The first-order valence-corrected chi connectivity index (χ1v) is 4.27. The van der Waals surface area contributed by atoms with Crippen molar-refractivity contribution in [2.45, 2.75) is 26.7 Å². The normalized spacial score (nSPS) is 10.2. The predicted octanol–water partition coefficient (Wildman–Crippen LogP) is 1.62. The molecule has 0 aliphatic rings. The van der Waals surface area contributed by atoms with Gasteiger partial charge in [-0.05, 0) is 44.4 Å². The third kappa shape index (κ3) is 2.62. The molecule has 1 N–H and O–H groups in total.